The zero-order valence-electron chi connectivity index (χ0n) is 18.5. The first-order valence-corrected chi connectivity index (χ1v) is 12.1. The van der Waals surface area contributed by atoms with Crippen LogP contribution >= 0.6 is 0 Å². The van der Waals surface area contributed by atoms with Gasteiger partial charge in [0, 0.05) is 12.1 Å². The van der Waals surface area contributed by atoms with E-state index in [1.807, 2.05) is 24.3 Å². The summed E-state index contributed by atoms with van der Waals surface area (Å²) in [6.45, 7) is 5.72. The van der Waals surface area contributed by atoms with Crippen molar-refractivity contribution in [3.8, 4) is 17.6 Å². The molecule has 0 aromatic heterocycles. The van der Waals surface area contributed by atoms with E-state index in [2.05, 4.69) is 21.9 Å². The number of sulfonamides is 1. The Morgan fingerprint density at radius 2 is 1.75 bits per heavy atom. The van der Waals surface area contributed by atoms with Crippen molar-refractivity contribution in [2.45, 2.75) is 33.2 Å². The van der Waals surface area contributed by atoms with Crippen molar-refractivity contribution >= 4 is 15.9 Å². The number of rotatable bonds is 10. The van der Waals surface area contributed by atoms with E-state index < -0.39 is 16.1 Å². The fourth-order valence-electron chi connectivity index (χ4n) is 2.75. The molecule has 0 aliphatic rings. The minimum atomic E-state index is -3.47. The maximum atomic E-state index is 12.9. The number of halogens is 1. The molecule has 0 bridgehead atoms. The van der Waals surface area contributed by atoms with Crippen LogP contribution in [0.1, 0.15) is 31.9 Å². The number of nitrogens with one attached hydrogen (secondary N) is 2. The third-order valence-corrected chi connectivity index (χ3v) is 6.03. The van der Waals surface area contributed by atoms with E-state index in [0.717, 1.165) is 11.1 Å². The summed E-state index contributed by atoms with van der Waals surface area (Å²) in [4.78, 5) is 12.4. The largest absolute Gasteiger partial charge is 0.481 e. The summed E-state index contributed by atoms with van der Waals surface area (Å²) in [7, 11) is -3.47. The molecule has 1 unspecified atom stereocenters. The van der Waals surface area contributed by atoms with Crippen LogP contribution in [0.3, 0.4) is 0 Å². The smallest absolute Gasteiger partial charge is 0.238 e. The molecule has 0 aliphatic carbocycles. The van der Waals surface area contributed by atoms with Crippen molar-refractivity contribution < 1.29 is 22.3 Å². The Hall–Kier alpha value is -2.89. The van der Waals surface area contributed by atoms with Gasteiger partial charge in [0.2, 0.25) is 15.9 Å². The van der Waals surface area contributed by atoms with Crippen molar-refractivity contribution in [3.63, 3.8) is 0 Å². The molecule has 0 spiro atoms. The van der Waals surface area contributed by atoms with Gasteiger partial charge in [0.1, 0.15) is 24.2 Å². The summed E-state index contributed by atoms with van der Waals surface area (Å²) >= 11 is 0. The van der Waals surface area contributed by atoms with Crippen LogP contribution in [0.15, 0.2) is 48.5 Å². The quantitative estimate of drug-likeness (QED) is 0.534. The summed E-state index contributed by atoms with van der Waals surface area (Å²) in [5.74, 6) is 5.57. The van der Waals surface area contributed by atoms with E-state index in [1.165, 1.54) is 19.1 Å². The van der Waals surface area contributed by atoms with E-state index in [0.29, 0.717) is 18.7 Å². The second-order valence-electron chi connectivity index (χ2n) is 7.53. The molecule has 2 N–H and O–H groups in total. The monoisotopic (exact) mass is 460 g/mol. The molecule has 0 fully saturated rings. The third kappa shape index (κ3) is 8.69. The molecule has 0 aliphatic heterocycles. The Labute approximate surface area is 189 Å². The second-order valence-corrected chi connectivity index (χ2v) is 9.57. The molecule has 0 radical (unpaired) electrons. The molecule has 8 heteroatoms. The summed E-state index contributed by atoms with van der Waals surface area (Å²) in [6.07, 6.45) is 0.599. The average Bonchev–Trinajstić information content (AvgIpc) is 2.77. The Balaban J connectivity index is 1.78. The number of carbonyl (C=O) groups excluding carboxylic acids is 1. The number of hydrogen-bond donors (Lipinski definition) is 2. The van der Waals surface area contributed by atoms with E-state index >= 15 is 0 Å². The number of benzene rings is 2. The third-order valence-electron chi connectivity index (χ3n) is 4.66. The van der Waals surface area contributed by atoms with Gasteiger partial charge in [-0.15, -0.1) is 0 Å². The van der Waals surface area contributed by atoms with Gasteiger partial charge < -0.3 is 10.1 Å². The van der Waals surface area contributed by atoms with Crippen molar-refractivity contribution in [2.75, 3.05) is 18.9 Å². The van der Waals surface area contributed by atoms with Crippen LogP contribution in [0.4, 0.5) is 4.39 Å². The van der Waals surface area contributed by atoms with Gasteiger partial charge >= 0.3 is 0 Å². The highest BCUT2D eigenvalue weighted by Crippen LogP contribution is 2.12. The summed E-state index contributed by atoms with van der Waals surface area (Å²) in [5.41, 5.74) is 1.72. The minimum absolute atomic E-state index is 0.0737. The molecule has 172 valence electrons. The first-order valence-electron chi connectivity index (χ1n) is 10.4. The standard InChI is InChI=1S/C24H29FN2O4S/c1-4-32(29,30)27-23(18(2)3)24(28)26-16-15-20-9-13-22(14-10-20)31-17-5-6-19-7-11-21(25)12-8-19/h7-14,18,23,27H,4,15-17H2,1-3H3,(H,26,28). The van der Waals surface area contributed by atoms with Crippen molar-refractivity contribution in [1.82, 2.24) is 10.0 Å². The molecule has 1 amide bonds. The summed E-state index contributed by atoms with van der Waals surface area (Å²) < 4.78 is 44.5. The fraction of sp³-hybridized carbons (Fsp3) is 0.375. The molecule has 2 rings (SSSR count). The predicted octanol–water partition coefficient (Wildman–Crippen LogP) is 2.88. The van der Waals surface area contributed by atoms with Crippen LogP contribution < -0.4 is 14.8 Å². The van der Waals surface area contributed by atoms with Gasteiger partial charge in [-0.3, -0.25) is 4.79 Å². The molecule has 0 heterocycles. The van der Waals surface area contributed by atoms with Crippen molar-refractivity contribution in [2.24, 2.45) is 5.92 Å². The molecule has 32 heavy (non-hydrogen) atoms. The van der Waals surface area contributed by atoms with Crippen LogP contribution in [0, 0.1) is 23.6 Å². The van der Waals surface area contributed by atoms with Gasteiger partial charge in [-0.2, -0.15) is 0 Å². The molecule has 0 saturated heterocycles. The molecular formula is C24H29FN2O4S. The number of amides is 1. The van der Waals surface area contributed by atoms with Crippen LogP contribution in [0.5, 0.6) is 5.75 Å². The van der Waals surface area contributed by atoms with Crippen LogP contribution in [-0.2, 0) is 21.2 Å². The van der Waals surface area contributed by atoms with E-state index in [1.54, 1.807) is 26.0 Å². The SMILES string of the molecule is CCS(=O)(=O)NC(C(=O)NCCc1ccc(OCC#Cc2ccc(F)cc2)cc1)C(C)C. The lowest BCUT2D eigenvalue weighted by molar-refractivity contribution is -0.123. The van der Waals surface area contributed by atoms with Crippen molar-refractivity contribution in [3.05, 3.63) is 65.5 Å². The Kier molecular flexibility index (Phi) is 9.69. The van der Waals surface area contributed by atoms with Gasteiger partial charge in [0.15, 0.2) is 0 Å². The van der Waals surface area contributed by atoms with Gasteiger partial charge in [-0.1, -0.05) is 37.8 Å². The lowest BCUT2D eigenvalue weighted by atomic mass is 10.0. The van der Waals surface area contributed by atoms with Gasteiger partial charge in [-0.25, -0.2) is 17.5 Å². The van der Waals surface area contributed by atoms with Crippen molar-refractivity contribution in [1.29, 1.82) is 0 Å². The van der Waals surface area contributed by atoms with Gasteiger partial charge in [0.25, 0.3) is 0 Å². The number of carbonyl (C=O) groups is 1. The Morgan fingerprint density at radius 1 is 1.09 bits per heavy atom. The first kappa shape index (κ1) is 25.4. The summed E-state index contributed by atoms with van der Waals surface area (Å²) in [5, 5.41) is 2.80. The maximum Gasteiger partial charge on any atom is 0.238 e. The molecule has 2 aromatic rings. The van der Waals surface area contributed by atoms with Gasteiger partial charge in [0.05, 0.1) is 5.75 Å². The minimum Gasteiger partial charge on any atom is -0.481 e. The van der Waals surface area contributed by atoms with E-state index in [4.69, 9.17) is 4.74 Å². The molecule has 6 nitrogen and oxygen atoms in total. The molecule has 0 saturated carbocycles. The molecule has 1 atom stereocenters. The summed E-state index contributed by atoms with van der Waals surface area (Å²) in [6, 6.07) is 12.6. The zero-order chi connectivity index (χ0) is 23.6. The Bertz CT molecular complexity index is 1040. The number of ether oxygens (including phenoxy) is 1. The predicted molar refractivity (Wildman–Crippen MR) is 123 cm³/mol. The molecular weight excluding hydrogens is 431 g/mol. The highest BCUT2D eigenvalue weighted by molar-refractivity contribution is 7.89. The Morgan fingerprint density at radius 3 is 2.34 bits per heavy atom. The normalized spacial score (nSPS) is 12.0. The zero-order valence-corrected chi connectivity index (χ0v) is 19.3. The maximum absolute atomic E-state index is 12.9. The molecule has 2 aromatic carbocycles. The van der Waals surface area contributed by atoms with Gasteiger partial charge in [-0.05, 0) is 61.2 Å². The number of hydrogen-bond acceptors (Lipinski definition) is 4. The first-order chi connectivity index (χ1) is 15.2. The van der Waals surface area contributed by atoms with Crippen LogP contribution in [0.2, 0.25) is 0 Å². The average molecular weight is 461 g/mol. The van der Waals surface area contributed by atoms with Crippen LogP contribution in [-0.4, -0.2) is 39.3 Å². The fourth-order valence-corrected chi connectivity index (χ4v) is 3.69. The lowest BCUT2D eigenvalue weighted by Gasteiger charge is -2.21. The van der Waals surface area contributed by atoms with E-state index in [-0.39, 0.29) is 30.0 Å². The highest BCUT2D eigenvalue weighted by atomic mass is 32.2. The van der Waals surface area contributed by atoms with Crippen LogP contribution in [0.25, 0.3) is 0 Å². The second kappa shape index (κ2) is 12.2. The lowest BCUT2D eigenvalue weighted by Crippen LogP contribution is -2.50. The topological polar surface area (TPSA) is 84.5 Å². The highest BCUT2D eigenvalue weighted by Gasteiger charge is 2.26. The van der Waals surface area contributed by atoms with E-state index in [9.17, 15) is 17.6 Å².